The molecule has 1 aliphatic rings. The van der Waals surface area contributed by atoms with Crippen LogP contribution in [-0.4, -0.2) is 55.3 Å². The third-order valence-corrected chi connectivity index (χ3v) is 6.68. The Bertz CT molecular complexity index is 1220. The molecule has 172 valence electrons. The lowest BCUT2D eigenvalue weighted by Gasteiger charge is -2.35. The normalized spacial score (nSPS) is 14.3. The predicted octanol–water partition coefficient (Wildman–Crippen LogP) is 2.02. The van der Waals surface area contributed by atoms with Gasteiger partial charge in [-0.25, -0.2) is 18.1 Å². The van der Waals surface area contributed by atoms with Crippen molar-refractivity contribution >= 4 is 27.4 Å². The molecule has 3 aromatic rings. The summed E-state index contributed by atoms with van der Waals surface area (Å²) in [6.07, 6.45) is 2.68. The van der Waals surface area contributed by atoms with E-state index in [0.29, 0.717) is 43.3 Å². The van der Waals surface area contributed by atoms with Crippen LogP contribution in [0, 0.1) is 10.1 Å². The summed E-state index contributed by atoms with van der Waals surface area (Å²) in [7, 11) is -3.74. The number of sulfonamides is 1. The van der Waals surface area contributed by atoms with Crippen molar-refractivity contribution in [3.05, 3.63) is 82.4 Å². The molecule has 1 aromatic carbocycles. The van der Waals surface area contributed by atoms with Crippen LogP contribution in [0.2, 0.25) is 0 Å². The second-order valence-corrected chi connectivity index (χ2v) is 9.11. The molecule has 1 N–H and O–H groups in total. The molecule has 0 saturated carbocycles. The maximum Gasteiger partial charge on any atom is 0.287 e. The number of carbonyl (C=O) groups excluding carboxylic acids is 1. The fourth-order valence-electron chi connectivity index (χ4n) is 3.43. The lowest BCUT2D eigenvalue weighted by Crippen LogP contribution is -2.49. The Kier molecular flexibility index (Phi) is 6.38. The van der Waals surface area contributed by atoms with E-state index in [1.807, 2.05) is 4.90 Å². The number of pyridine rings is 1. The van der Waals surface area contributed by atoms with Crippen molar-refractivity contribution in [2.45, 2.75) is 11.4 Å². The number of nitrogens with one attached hydrogen (secondary N) is 1. The molecule has 11 nitrogen and oxygen atoms in total. The summed E-state index contributed by atoms with van der Waals surface area (Å²) in [4.78, 5) is 30.9. The van der Waals surface area contributed by atoms with Crippen molar-refractivity contribution in [2.75, 3.05) is 31.1 Å². The fraction of sp³-hybridized carbons (Fsp3) is 0.238. The van der Waals surface area contributed by atoms with Gasteiger partial charge in [-0.1, -0.05) is 0 Å². The molecule has 33 heavy (non-hydrogen) atoms. The zero-order chi connectivity index (χ0) is 23.4. The number of hydrogen-bond acceptors (Lipinski definition) is 8. The highest BCUT2D eigenvalue weighted by atomic mass is 32.2. The van der Waals surface area contributed by atoms with Crippen LogP contribution in [0.25, 0.3) is 0 Å². The zero-order valence-corrected chi connectivity index (χ0v) is 18.3. The molecule has 12 heteroatoms. The third kappa shape index (κ3) is 5.18. The number of benzene rings is 1. The number of amides is 1. The van der Waals surface area contributed by atoms with Crippen LogP contribution in [0.5, 0.6) is 0 Å². The molecule has 1 saturated heterocycles. The minimum atomic E-state index is -3.74. The molecule has 1 aliphatic heterocycles. The van der Waals surface area contributed by atoms with Crippen molar-refractivity contribution in [3.63, 3.8) is 0 Å². The van der Waals surface area contributed by atoms with Crippen LogP contribution >= 0.6 is 0 Å². The van der Waals surface area contributed by atoms with Gasteiger partial charge in [-0.2, -0.15) is 0 Å². The quantitative estimate of drug-likeness (QED) is 0.408. The fourth-order valence-corrected chi connectivity index (χ4v) is 4.43. The highest BCUT2D eigenvalue weighted by Crippen LogP contribution is 2.19. The van der Waals surface area contributed by atoms with Crippen LogP contribution in [0.15, 0.2) is 70.3 Å². The average molecular weight is 471 g/mol. The second-order valence-electron chi connectivity index (χ2n) is 7.34. The van der Waals surface area contributed by atoms with Gasteiger partial charge in [-0.05, 0) is 42.5 Å². The van der Waals surface area contributed by atoms with Crippen molar-refractivity contribution in [1.82, 2.24) is 14.6 Å². The van der Waals surface area contributed by atoms with Crippen LogP contribution < -0.4 is 9.62 Å². The highest BCUT2D eigenvalue weighted by Gasteiger charge is 2.24. The van der Waals surface area contributed by atoms with Crippen molar-refractivity contribution in [2.24, 2.45) is 0 Å². The molecule has 0 aliphatic carbocycles. The van der Waals surface area contributed by atoms with Crippen LogP contribution in [-0.2, 0) is 16.6 Å². The molecule has 0 spiro atoms. The van der Waals surface area contributed by atoms with Gasteiger partial charge in [-0.3, -0.25) is 14.9 Å². The summed E-state index contributed by atoms with van der Waals surface area (Å²) in [5, 5.41) is 10.8. The minimum absolute atomic E-state index is 0.0317. The largest absolute Gasteiger partial charge is 0.468 e. The van der Waals surface area contributed by atoms with Gasteiger partial charge in [0, 0.05) is 37.8 Å². The van der Waals surface area contributed by atoms with E-state index in [2.05, 4.69) is 9.71 Å². The Morgan fingerprint density at radius 1 is 1.09 bits per heavy atom. The number of rotatable bonds is 7. The molecule has 0 radical (unpaired) electrons. The van der Waals surface area contributed by atoms with Crippen LogP contribution in [0.1, 0.15) is 16.1 Å². The summed E-state index contributed by atoms with van der Waals surface area (Å²) in [5.74, 6) is 0.913. The van der Waals surface area contributed by atoms with Gasteiger partial charge in [0.15, 0.2) is 0 Å². The Balaban J connectivity index is 1.34. The molecule has 2 aromatic heterocycles. The van der Waals surface area contributed by atoms with Gasteiger partial charge in [-0.15, -0.1) is 0 Å². The number of nitro groups is 1. The van der Waals surface area contributed by atoms with Gasteiger partial charge in [0.05, 0.1) is 22.6 Å². The topological polar surface area (TPSA) is 139 Å². The zero-order valence-electron chi connectivity index (χ0n) is 17.5. The number of aromatic nitrogens is 1. The number of carbonyl (C=O) groups is 1. The number of anilines is 1. The van der Waals surface area contributed by atoms with E-state index in [9.17, 15) is 23.3 Å². The van der Waals surface area contributed by atoms with Gasteiger partial charge < -0.3 is 14.2 Å². The Hall–Kier alpha value is -3.77. The van der Waals surface area contributed by atoms with E-state index in [-0.39, 0.29) is 23.0 Å². The molecule has 0 bridgehead atoms. The monoisotopic (exact) mass is 471 g/mol. The number of piperazine rings is 1. The summed E-state index contributed by atoms with van der Waals surface area (Å²) < 4.78 is 32.5. The molecular formula is C21H21N5O6S. The van der Waals surface area contributed by atoms with Crippen LogP contribution in [0.4, 0.5) is 11.5 Å². The second kappa shape index (κ2) is 9.38. The summed E-state index contributed by atoms with van der Waals surface area (Å²) >= 11 is 0. The van der Waals surface area contributed by atoms with Gasteiger partial charge >= 0.3 is 0 Å². The first kappa shape index (κ1) is 22.4. The minimum Gasteiger partial charge on any atom is -0.468 e. The molecule has 1 amide bonds. The van der Waals surface area contributed by atoms with E-state index in [1.165, 1.54) is 42.8 Å². The van der Waals surface area contributed by atoms with Crippen molar-refractivity contribution in [3.8, 4) is 0 Å². The first-order valence-electron chi connectivity index (χ1n) is 10.1. The highest BCUT2D eigenvalue weighted by molar-refractivity contribution is 7.89. The first-order chi connectivity index (χ1) is 15.8. The van der Waals surface area contributed by atoms with Crippen molar-refractivity contribution < 1.29 is 22.6 Å². The van der Waals surface area contributed by atoms with E-state index >= 15 is 0 Å². The number of furan rings is 1. The van der Waals surface area contributed by atoms with Gasteiger partial charge in [0.2, 0.25) is 10.0 Å². The van der Waals surface area contributed by atoms with Gasteiger partial charge in [0.1, 0.15) is 17.8 Å². The number of hydrogen-bond donors (Lipinski definition) is 1. The lowest BCUT2D eigenvalue weighted by molar-refractivity contribution is -0.385. The lowest BCUT2D eigenvalue weighted by atomic mass is 10.2. The maximum atomic E-state index is 12.8. The molecule has 3 heterocycles. The predicted molar refractivity (Wildman–Crippen MR) is 118 cm³/mol. The smallest absolute Gasteiger partial charge is 0.287 e. The van der Waals surface area contributed by atoms with E-state index in [0.717, 1.165) is 0 Å². The van der Waals surface area contributed by atoms with E-state index in [1.54, 1.807) is 23.1 Å². The first-order valence-corrected chi connectivity index (χ1v) is 11.6. The van der Waals surface area contributed by atoms with E-state index in [4.69, 9.17) is 4.42 Å². The molecule has 1 fully saturated rings. The van der Waals surface area contributed by atoms with Crippen molar-refractivity contribution in [1.29, 1.82) is 0 Å². The van der Waals surface area contributed by atoms with Gasteiger partial charge in [0.25, 0.3) is 11.6 Å². The third-order valence-electron chi connectivity index (χ3n) is 5.26. The van der Waals surface area contributed by atoms with Crippen LogP contribution in [0.3, 0.4) is 0 Å². The Morgan fingerprint density at radius 2 is 1.82 bits per heavy atom. The Labute approximate surface area is 189 Å². The standard InChI is InChI=1S/C21H21N5O6S/c27-21(25-11-9-24(10-12-25)20-8-5-17(14-22-20)26(28)29)16-3-6-19(7-4-16)33(30,31)23-15-18-2-1-13-32-18/h1-8,13-14,23H,9-12,15H2. The molecule has 4 rings (SSSR count). The molecule has 0 atom stereocenters. The summed E-state index contributed by atoms with van der Waals surface area (Å²) in [5.41, 5.74) is 0.316. The number of nitrogens with zero attached hydrogens (tertiary/aromatic N) is 4. The molecular weight excluding hydrogens is 450 g/mol. The summed E-state index contributed by atoms with van der Waals surface area (Å²) in [6.45, 7) is 1.98. The Morgan fingerprint density at radius 3 is 2.39 bits per heavy atom. The SMILES string of the molecule is O=C(c1ccc(S(=O)(=O)NCc2ccco2)cc1)N1CCN(c2ccc([N+](=O)[O-])cn2)CC1. The molecule has 0 unspecified atom stereocenters. The van der Waals surface area contributed by atoms with E-state index < -0.39 is 14.9 Å². The average Bonchev–Trinajstić information content (AvgIpc) is 3.37. The maximum absolute atomic E-state index is 12.8. The summed E-state index contributed by atoms with van der Waals surface area (Å²) in [6, 6.07) is 12.1.